The Kier molecular flexibility index (Phi) is 3.27. The molecule has 0 radical (unpaired) electrons. The molecule has 21 heavy (non-hydrogen) atoms. The zero-order chi connectivity index (χ0) is 15.0. The Labute approximate surface area is 122 Å². The van der Waals surface area contributed by atoms with Gasteiger partial charge >= 0.3 is 0 Å². The van der Waals surface area contributed by atoms with Gasteiger partial charge in [-0.25, -0.2) is 0 Å². The van der Waals surface area contributed by atoms with Crippen molar-refractivity contribution in [1.29, 1.82) is 0 Å². The van der Waals surface area contributed by atoms with Gasteiger partial charge in [0.25, 0.3) is 5.69 Å². The first-order valence-electron chi connectivity index (χ1n) is 7.32. The zero-order valence-corrected chi connectivity index (χ0v) is 12.0. The van der Waals surface area contributed by atoms with E-state index in [1.807, 2.05) is 6.92 Å². The Hall–Kier alpha value is -2.17. The van der Waals surface area contributed by atoms with Gasteiger partial charge in [0, 0.05) is 17.7 Å². The van der Waals surface area contributed by atoms with Gasteiger partial charge < -0.3 is 4.98 Å². The average molecular weight is 286 g/mol. The summed E-state index contributed by atoms with van der Waals surface area (Å²) in [6.07, 6.45) is 6.61. The highest BCUT2D eigenvalue weighted by molar-refractivity contribution is 6.13. The quantitative estimate of drug-likeness (QED) is 0.521. The number of carbonyl (C=O) groups is 1. The minimum atomic E-state index is -0.420. The van der Waals surface area contributed by atoms with Crippen molar-refractivity contribution in [3.63, 3.8) is 0 Å². The fraction of sp³-hybridized carbons (Fsp3) is 0.438. The van der Waals surface area contributed by atoms with Crippen LogP contribution in [0.5, 0.6) is 0 Å². The molecular formula is C16H18N2O3. The van der Waals surface area contributed by atoms with Gasteiger partial charge in [-0.15, -0.1) is 0 Å². The second kappa shape index (κ2) is 4.98. The molecule has 0 aliphatic heterocycles. The van der Waals surface area contributed by atoms with Crippen molar-refractivity contribution in [2.24, 2.45) is 5.41 Å². The first kappa shape index (κ1) is 13.8. The smallest absolute Gasteiger partial charge is 0.279 e. The van der Waals surface area contributed by atoms with Gasteiger partial charge in [0.2, 0.25) is 0 Å². The molecule has 1 N–H and O–H groups in total. The van der Waals surface area contributed by atoms with Gasteiger partial charge in [-0.1, -0.05) is 32.3 Å². The maximum absolute atomic E-state index is 12.9. The second-order valence-electron chi connectivity index (χ2n) is 6.11. The van der Waals surface area contributed by atoms with Crippen LogP contribution in [0.15, 0.2) is 24.4 Å². The standard InChI is InChI=1S/C16H18N2O3/c1-16(8-3-2-4-9-16)15(19)11-10-17-12-6-5-7-13(14(11)12)18(20)21/h5-7,10,17H,2-4,8-9H2,1H3. The summed E-state index contributed by atoms with van der Waals surface area (Å²) in [5, 5.41) is 11.7. The topological polar surface area (TPSA) is 76.0 Å². The predicted molar refractivity (Wildman–Crippen MR) is 80.5 cm³/mol. The number of Topliss-reactive ketones (excluding diaryl/α,β-unsaturated/α-hetero) is 1. The van der Waals surface area contributed by atoms with Crippen molar-refractivity contribution in [2.75, 3.05) is 0 Å². The fourth-order valence-electron chi connectivity index (χ4n) is 3.38. The highest BCUT2D eigenvalue weighted by atomic mass is 16.6. The fourth-order valence-corrected chi connectivity index (χ4v) is 3.38. The summed E-state index contributed by atoms with van der Waals surface area (Å²) in [7, 11) is 0. The predicted octanol–water partition coefficient (Wildman–Crippen LogP) is 4.23. The van der Waals surface area contributed by atoms with Gasteiger partial charge in [-0.2, -0.15) is 0 Å². The summed E-state index contributed by atoms with van der Waals surface area (Å²) < 4.78 is 0. The van der Waals surface area contributed by atoms with Crippen LogP contribution in [-0.4, -0.2) is 15.7 Å². The van der Waals surface area contributed by atoms with Gasteiger partial charge in [-0.3, -0.25) is 14.9 Å². The molecule has 1 aliphatic carbocycles. The van der Waals surface area contributed by atoms with E-state index < -0.39 is 10.3 Å². The lowest BCUT2D eigenvalue weighted by atomic mass is 9.71. The summed E-state index contributed by atoms with van der Waals surface area (Å²) in [6.45, 7) is 1.99. The van der Waals surface area contributed by atoms with E-state index in [0.29, 0.717) is 16.5 Å². The molecule has 3 rings (SSSR count). The molecule has 5 nitrogen and oxygen atoms in total. The number of H-pyrrole nitrogens is 1. The number of nitro groups is 1. The number of non-ortho nitro benzene ring substituents is 1. The second-order valence-corrected chi connectivity index (χ2v) is 6.11. The molecule has 0 bridgehead atoms. The van der Waals surface area contributed by atoms with E-state index in [4.69, 9.17) is 0 Å². The summed E-state index contributed by atoms with van der Waals surface area (Å²) in [5.74, 6) is 0.0303. The number of nitrogens with one attached hydrogen (secondary N) is 1. The number of ketones is 1. The number of hydrogen-bond donors (Lipinski definition) is 1. The zero-order valence-electron chi connectivity index (χ0n) is 12.0. The minimum Gasteiger partial charge on any atom is -0.360 e. The lowest BCUT2D eigenvalue weighted by Gasteiger charge is -2.31. The molecule has 1 aromatic heterocycles. The van der Waals surface area contributed by atoms with Crippen LogP contribution in [0.25, 0.3) is 10.9 Å². The first-order chi connectivity index (χ1) is 10.0. The van der Waals surface area contributed by atoms with Crippen LogP contribution in [0.4, 0.5) is 5.69 Å². The van der Waals surface area contributed by atoms with E-state index in [9.17, 15) is 14.9 Å². The molecule has 0 atom stereocenters. The number of hydrogen-bond acceptors (Lipinski definition) is 3. The van der Waals surface area contributed by atoms with Gasteiger partial charge in [0.05, 0.1) is 21.4 Å². The molecule has 2 aromatic rings. The van der Waals surface area contributed by atoms with Crippen LogP contribution in [0, 0.1) is 15.5 Å². The Balaban J connectivity index is 2.12. The number of rotatable bonds is 3. The van der Waals surface area contributed by atoms with E-state index in [-0.39, 0.29) is 11.5 Å². The number of nitro benzene ring substituents is 1. The highest BCUT2D eigenvalue weighted by Crippen LogP contribution is 2.41. The number of fused-ring (bicyclic) bond motifs is 1. The van der Waals surface area contributed by atoms with Crippen molar-refractivity contribution in [1.82, 2.24) is 4.98 Å². The molecule has 1 aliphatic rings. The maximum Gasteiger partial charge on any atom is 0.279 e. The summed E-state index contributed by atoms with van der Waals surface area (Å²) >= 11 is 0. The van der Waals surface area contributed by atoms with Crippen LogP contribution in [0.2, 0.25) is 0 Å². The molecule has 0 saturated heterocycles. The number of aromatic amines is 1. The van der Waals surface area contributed by atoms with Crippen molar-refractivity contribution in [3.05, 3.63) is 40.1 Å². The molecule has 0 spiro atoms. The van der Waals surface area contributed by atoms with Crippen molar-refractivity contribution < 1.29 is 9.72 Å². The Bertz CT molecular complexity index is 711. The van der Waals surface area contributed by atoms with E-state index in [1.165, 1.54) is 6.07 Å². The molecule has 1 heterocycles. The lowest BCUT2D eigenvalue weighted by molar-refractivity contribution is -0.383. The molecule has 110 valence electrons. The van der Waals surface area contributed by atoms with Crippen molar-refractivity contribution in [2.45, 2.75) is 39.0 Å². The van der Waals surface area contributed by atoms with Gasteiger partial charge in [0.1, 0.15) is 0 Å². The molecular weight excluding hydrogens is 268 g/mol. The normalized spacial score (nSPS) is 17.8. The Morgan fingerprint density at radius 2 is 2.00 bits per heavy atom. The third-order valence-corrected chi connectivity index (χ3v) is 4.63. The Morgan fingerprint density at radius 1 is 1.29 bits per heavy atom. The SMILES string of the molecule is CC1(C(=O)c2c[nH]c3cccc([N+](=O)[O-])c23)CCCCC1. The molecule has 0 unspecified atom stereocenters. The lowest BCUT2D eigenvalue weighted by Crippen LogP contribution is -2.30. The summed E-state index contributed by atoms with van der Waals surface area (Å²) in [4.78, 5) is 26.7. The van der Waals surface area contributed by atoms with Crippen LogP contribution in [0.1, 0.15) is 49.4 Å². The number of nitrogens with zero attached hydrogens (tertiary/aromatic N) is 1. The summed E-state index contributed by atoms with van der Waals surface area (Å²) in [6, 6.07) is 4.85. The average Bonchev–Trinajstić information content (AvgIpc) is 2.90. The monoisotopic (exact) mass is 286 g/mol. The van der Waals surface area contributed by atoms with Gasteiger partial charge in [-0.05, 0) is 18.9 Å². The van der Waals surface area contributed by atoms with Crippen LogP contribution >= 0.6 is 0 Å². The van der Waals surface area contributed by atoms with E-state index in [0.717, 1.165) is 32.1 Å². The molecule has 5 heteroatoms. The maximum atomic E-state index is 12.9. The van der Waals surface area contributed by atoms with E-state index in [1.54, 1.807) is 18.3 Å². The van der Waals surface area contributed by atoms with Crippen molar-refractivity contribution >= 4 is 22.4 Å². The van der Waals surface area contributed by atoms with Crippen molar-refractivity contribution in [3.8, 4) is 0 Å². The largest absolute Gasteiger partial charge is 0.360 e. The Morgan fingerprint density at radius 3 is 2.67 bits per heavy atom. The minimum absolute atomic E-state index is 0.00323. The first-order valence-corrected chi connectivity index (χ1v) is 7.32. The van der Waals surface area contributed by atoms with E-state index >= 15 is 0 Å². The van der Waals surface area contributed by atoms with Crippen LogP contribution in [-0.2, 0) is 0 Å². The number of aromatic nitrogens is 1. The summed E-state index contributed by atoms with van der Waals surface area (Å²) in [5.41, 5.74) is 0.710. The molecule has 1 fully saturated rings. The third kappa shape index (κ3) is 2.22. The number of carbonyl (C=O) groups excluding carboxylic acids is 1. The molecule has 0 amide bonds. The molecule has 1 saturated carbocycles. The molecule has 1 aromatic carbocycles. The highest BCUT2D eigenvalue weighted by Gasteiger charge is 2.37. The van der Waals surface area contributed by atoms with Crippen LogP contribution in [0.3, 0.4) is 0 Å². The van der Waals surface area contributed by atoms with Crippen LogP contribution < -0.4 is 0 Å². The van der Waals surface area contributed by atoms with E-state index in [2.05, 4.69) is 4.98 Å². The number of benzene rings is 1. The van der Waals surface area contributed by atoms with Gasteiger partial charge in [0.15, 0.2) is 5.78 Å². The third-order valence-electron chi connectivity index (χ3n) is 4.63.